The average molecular weight is 408 g/mol. The number of nitrogens with zero attached hydrogens (tertiary/aromatic N) is 2. The number of nitrogens with one attached hydrogen (secondary N) is 1. The summed E-state index contributed by atoms with van der Waals surface area (Å²) in [6, 6.07) is 8.10. The molecule has 9 heteroatoms. The van der Waals surface area contributed by atoms with E-state index in [0.29, 0.717) is 11.5 Å². The fourth-order valence-corrected chi connectivity index (χ4v) is 3.31. The molecule has 1 fully saturated rings. The zero-order chi connectivity index (χ0) is 17.6. The first-order chi connectivity index (χ1) is 12.0. The Morgan fingerprint density at radius 3 is 2.92 bits per heavy atom. The minimum Gasteiger partial charge on any atom is -0.459 e. The van der Waals surface area contributed by atoms with Gasteiger partial charge in [-0.2, -0.15) is 4.98 Å². The molecule has 4 atom stereocenters. The van der Waals surface area contributed by atoms with E-state index in [9.17, 15) is 14.7 Å². The highest BCUT2D eigenvalue weighted by molar-refractivity contribution is 9.10. The fraction of sp³-hybridized carbons (Fsp3) is 0.312. The lowest BCUT2D eigenvalue weighted by Crippen LogP contribution is -2.45. The third-order valence-corrected chi connectivity index (χ3v) is 4.79. The third-order valence-electron chi connectivity index (χ3n) is 4.24. The number of anilines is 1. The maximum absolute atomic E-state index is 12.1. The van der Waals surface area contributed by atoms with Crippen LogP contribution in [0.25, 0.3) is 0 Å². The summed E-state index contributed by atoms with van der Waals surface area (Å²) in [6.07, 6.45) is -0.612. The van der Waals surface area contributed by atoms with Crippen LogP contribution in [0.5, 0.6) is 0 Å². The Kier molecular flexibility index (Phi) is 4.06. The second-order valence-corrected chi connectivity index (χ2v) is 6.67. The van der Waals surface area contributed by atoms with E-state index in [1.165, 1.54) is 6.20 Å². The summed E-state index contributed by atoms with van der Waals surface area (Å²) in [6.45, 7) is -0.0289. The Morgan fingerprint density at radius 1 is 1.40 bits per heavy atom. The monoisotopic (exact) mass is 407 g/mol. The summed E-state index contributed by atoms with van der Waals surface area (Å²) in [5.74, 6) is -0.154. The molecule has 4 unspecified atom stereocenters. The number of carbonyl (C=O) groups is 1. The van der Waals surface area contributed by atoms with Crippen molar-refractivity contribution in [1.82, 2.24) is 9.55 Å². The van der Waals surface area contributed by atoms with Gasteiger partial charge in [0.05, 0.1) is 11.6 Å². The molecule has 1 aromatic carbocycles. The van der Waals surface area contributed by atoms with Gasteiger partial charge in [0.25, 0.3) is 5.56 Å². The first kappa shape index (κ1) is 16.2. The van der Waals surface area contributed by atoms with Gasteiger partial charge in [-0.25, -0.2) is 4.79 Å². The minimum absolute atomic E-state index is 0.0289. The summed E-state index contributed by atoms with van der Waals surface area (Å²) in [5.41, 5.74) is 0.0258. The number of benzene rings is 1. The lowest BCUT2D eigenvalue weighted by Gasteiger charge is -2.29. The largest absolute Gasteiger partial charge is 0.459 e. The second kappa shape index (κ2) is 6.25. The highest BCUT2D eigenvalue weighted by Crippen LogP contribution is 2.37. The van der Waals surface area contributed by atoms with Gasteiger partial charge in [-0.3, -0.25) is 9.36 Å². The summed E-state index contributed by atoms with van der Waals surface area (Å²) in [4.78, 5) is 27.6. The predicted octanol–water partition coefficient (Wildman–Crippen LogP) is 0.915. The molecular formula is C16H14BrN3O5. The molecule has 1 aromatic heterocycles. The number of esters is 1. The molecule has 0 aliphatic carbocycles. The number of hydrogen-bond acceptors (Lipinski definition) is 7. The summed E-state index contributed by atoms with van der Waals surface area (Å²) in [7, 11) is 0. The maximum atomic E-state index is 12.1. The lowest BCUT2D eigenvalue weighted by molar-refractivity contribution is -0.0536. The van der Waals surface area contributed by atoms with Crippen LogP contribution in [-0.4, -0.2) is 45.5 Å². The van der Waals surface area contributed by atoms with Gasteiger partial charge < -0.3 is 19.9 Å². The number of rotatable bonds is 3. The van der Waals surface area contributed by atoms with Crippen molar-refractivity contribution in [3.63, 3.8) is 0 Å². The van der Waals surface area contributed by atoms with Crippen LogP contribution in [0.4, 0.5) is 5.95 Å². The van der Waals surface area contributed by atoms with Gasteiger partial charge in [0.2, 0.25) is 5.95 Å². The Hall–Kier alpha value is -2.23. The SMILES string of the molecule is O=C(OCC1OC2C(O)C1Nc1nc(=O)c(Br)cn12)c1ccccc1. The number of fused-ring (bicyclic) bond motifs is 4. The van der Waals surface area contributed by atoms with E-state index in [4.69, 9.17) is 9.47 Å². The molecule has 25 heavy (non-hydrogen) atoms. The lowest BCUT2D eigenvalue weighted by atomic mass is 10.1. The first-order valence-electron chi connectivity index (χ1n) is 7.65. The van der Waals surface area contributed by atoms with Gasteiger partial charge in [-0.15, -0.1) is 0 Å². The number of halogens is 1. The van der Waals surface area contributed by atoms with E-state index in [2.05, 4.69) is 26.2 Å². The van der Waals surface area contributed by atoms with Crippen LogP contribution in [0.2, 0.25) is 0 Å². The Labute approximate surface area is 150 Å². The normalized spacial score (nSPS) is 26.6. The maximum Gasteiger partial charge on any atom is 0.338 e. The van der Waals surface area contributed by atoms with Crippen LogP contribution in [0.15, 0.2) is 45.8 Å². The van der Waals surface area contributed by atoms with Crippen LogP contribution in [0.1, 0.15) is 16.6 Å². The standard InChI is InChI=1S/C16H14BrN3O5/c17-9-6-20-14-12(21)11(18-16(20)19-13(9)22)10(25-14)7-24-15(23)8-4-2-1-3-5-8/h1-6,10-12,14,21H,7H2,(H,18,19,22). The average Bonchev–Trinajstić information content (AvgIpc) is 2.82. The number of aliphatic hydroxyl groups excluding tert-OH is 1. The van der Waals surface area contributed by atoms with Crippen LogP contribution in [-0.2, 0) is 9.47 Å². The number of hydrogen-bond donors (Lipinski definition) is 2. The van der Waals surface area contributed by atoms with Crippen molar-refractivity contribution in [3.05, 3.63) is 56.9 Å². The zero-order valence-electron chi connectivity index (χ0n) is 12.8. The Balaban J connectivity index is 1.50. The molecule has 8 nitrogen and oxygen atoms in total. The number of aromatic nitrogens is 2. The van der Waals surface area contributed by atoms with Gasteiger partial charge >= 0.3 is 5.97 Å². The van der Waals surface area contributed by atoms with Crippen LogP contribution in [0.3, 0.4) is 0 Å². The molecule has 130 valence electrons. The van der Waals surface area contributed by atoms with Gasteiger partial charge in [-0.05, 0) is 28.1 Å². The van der Waals surface area contributed by atoms with Crippen LogP contribution in [0, 0.1) is 0 Å². The highest BCUT2D eigenvalue weighted by atomic mass is 79.9. The molecule has 2 aliphatic heterocycles. The smallest absolute Gasteiger partial charge is 0.338 e. The van der Waals surface area contributed by atoms with Crippen molar-refractivity contribution in [2.75, 3.05) is 11.9 Å². The van der Waals surface area contributed by atoms with Crippen molar-refractivity contribution in [1.29, 1.82) is 0 Å². The first-order valence-corrected chi connectivity index (χ1v) is 8.45. The molecule has 2 N–H and O–H groups in total. The molecule has 0 saturated carbocycles. The molecule has 0 radical (unpaired) electrons. The van der Waals surface area contributed by atoms with Crippen molar-refractivity contribution < 1.29 is 19.4 Å². The fourth-order valence-electron chi connectivity index (χ4n) is 3.00. The van der Waals surface area contributed by atoms with E-state index in [1.807, 2.05) is 6.07 Å². The molecule has 3 heterocycles. The molecule has 2 bridgehead atoms. The van der Waals surface area contributed by atoms with Crippen LogP contribution >= 0.6 is 15.9 Å². The van der Waals surface area contributed by atoms with Gasteiger partial charge in [0, 0.05) is 6.20 Å². The van der Waals surface area contributed by atoms with E-state index in [1.54, 1.807) is 28.8 Å². The Morgan fingerprint density at radius 2 is 2.16 bits per heavy atom. The van der Waals surface area contributed by atoms with Gasteiger partial charge in [0.15, 0.2) is 6.23 Å². The molecule has 4 rings (SSSR count). The van der Waals surface area contributed by atoms with E-state index in [-0.39, 0.29) is 11.1 Å². The third kappa shape index (κ3) is 2.84. The minimum atomic E-state index is -0.857. The summed E-state index contributed by atoms with van der Waals surface area (Å²) in [5, 5.41) is 13.4. The number of aliphatic hydroxyl groups is 1. The van der Waals surface area contributed by atoms with Crippen LogP contribution < -0.4 is 10.9 Å². The number of ether oxygens (including phenoxy) is 2. The van der Waals surface area contributed by atoms with Crippen molar-refractivity contribution in [3.8, 4) is 0 Å². The second-order valence-electron chi connectivity index (χ2n) is 5.82. The van der Waals surface area contributed by atoms with E-state index in [0.717, 1.165) is 0 Å². The van der Waals surface area contributed by atoms with Crippen molar-refractivity contribution in [2.45, 2.75) is 24.5 Å². The van der Waals surface area contributed by atoms with E-state index >= 15 is 0 Å². The van der Waals surface area contributed by atoms with E-state index < -0.39 is 36.0 Å². The summed E-state index contributed by atoms with van der Waals surface area (Å²) < 4.78 is 12.9. The van der Waals surface area contributed by atoms with Crippen molar-refractivity contribution in [2.24, 2.45) is 0 Å². The quantitative estimate of drug-likeness (QED) is 0.728. The van der Waals surface area contributed by atoms with Gasteiger partial charge in [-0.1, -0.05) is 18.2 Å². The highest BCUT2D eigenvalue weighted by Gasteiger charge is 2.49. The Bertz CT molecular complexity index is 872. The molecule has 2 aromatic rings. The predicted molar refractivity (Wildman–Crippen MR) is 90.2 cm³/mol. The topological polar surface area (TPSA) is 103 Å². The van der Waals surface area contributed by atoms with Gasteiger partial charge in [0.1, 0.15) is 23.3 Å². The molecule has 2 aliphatic rings. The van der Waals surface area contributed by atoms with Crippen molar-refractivity contribution >= 4 is 27.8 Å². The molecule has 0 spiro atoms. The zero-order valence-corrected chi connectivity index (χ0v) is 14.4. The molecule has 0 amide bonds. The molecule has 1 saturated heterocycles. The summed E-state index contributed by atoms with van der Waals surface area (Å²) >= 11 is 3.13. The molecular weight excluding hydrogens is 394 g/mol. The number of carbonyl (C=O) groups excluding carboxylic acids is 1.